The first-order valence-corrected chi connectivity index (χ1v) is 10.7. The fourth-order valence-corrected chi connectivity index (χ4v) is 4.08. The molecular weight excluding hydrogens is 444 g/mol. The molecule has 1 aliphatic heterocycles. The van der Waals surface area contributed by atoms with E-state index in [2.05, 4.69) is 0 Å². The highest BCUT2D eigenvalue weighted by molar-refractivity contribution is 6.16. The van der Waals surface area contributed by atoms with Crippen molar-refractivity contribution < 1.29 is 32.6 Å². The van der Waals surface area contributed by atoms with Gasteiger partial charge in [0.15, 0.2) is 11.5 Å². The number of halogens is 2. The summed E-state index contributed by atoms with van der Waals surface area (Å²) in [6, 6.07) is 13.4. The van der Waals surface area contributed by atoms with Crippen LogP contribution in [-0.4, -0.2) is 23.4 Å². The van der Waals surface area contributed by atoms with Gasteiger partial charge >= 0.3 is 6.61 Å². The van der Waals surface area contributed by atoms with E-state index in [-0.39, 0.29) is 29.2 Å². The third-order valence-corrected chi connectivity index (χ3v) is 5.53. The van der Waals surface area contributed by atoms with E-state index in [9.17, 15) is 23.5 Å². The lowest BCUT2D eigenvalue weighted by molar-refractivity contribution is -0.118. The average molecular weight is 467 g/mol. The Bertz CT molecular complexity index is 1220. The highest BCUT2D eigenvalue weighted by Gasteiger charge is 2.45. The number of rotatable bonds is 8. The van der Waals surface area contributed by atoms with Crippen LogP contribution in [0.2, 0.25) is 0 Å². The first kappa shape index (κ1) is 23.2. The third-order valence-electron chi connectivity index (χ3n) is 5.53. The normalized spacial score (nSPS) is 16.1. The molecule has 1 N–H and O–H groups in total. The minimum absolute atomic E-state index is 0.0422. The Morgan fingerprint density at radius 1 is 1.09 bits per heavy atom. The third kappa shape index (κ3) is 4.44. The summed E-state index contributed by atoms with van der Waals surface area (Å²) in [5.41, 5.74) is 2.08. The number of alkyl halides is 2. The van der Waals surface area contributed by atoms with Gasteiger partial charge in [-0.15, -0.1) is 0 Å². The van der Waals surface area contributed by atoms with Crippen LogP contribution in [0.15, 0.2) is 82.9 Å². The van der Waals surface area contributed by atoms with E-state index < -0.39 is 30.1 Å². The Labute approximate surface area is 195 Å². The molecule has 2 heterocycles. The predicted octanol–water partition coefficient (Wildman–Crippen LogP) is 6.06. The Balaban J connectivity index is 1.83. The van der Waals surface area contributed by atoms with Gasteiger partial charge in [-0.05, 0) is 35.7 Å². The minimum atomic E-state index is -3.10. The van der Waals surface area contributed by atoms with Crippen molar-refractivity contribution in [2.24, 2.45) is 5.92 Å². The number of hydrogen-bond acceptors (Lipinski definition) is 5. The molecule has 176 valence electrons. The van der Waals surface area contributed by atoms with Crippen LogP contribution in [0.3, 0.4) is 0 Å². The number of benzene rings is 2. The first-order chi connectivity index (χ1) is 16.3. The maximum Gasteiger partial charge on any atom is 0.387 e. The summed E-state index contributed by atoms with van der Waals surface area (Å²) in [6.07, 6.45) is 3.19. The second-order valence-corrected chi connectivity index (χ2v) is 8.34. The topological polar surface area (TPSA) is 80.0 Å². The van der Waals surface area contributed by atoms with Gasteiger partial charge in [0.2, 0.25) is 0 Å². The summed E-state index contributed by atoms with van der Waals surface area (Å²) in [4.78, 5) is 27.6. The van der Waals surface area contributed by atoms with Gasteiger partial charge in [0.1, 0.15) is 5.75 Å². The first-order valence-electron chi connectivity index (χ1n) is 10.7. The smallest absolute Gasteiger partial charge is 0.387 e. The van der Waals surface area contributed by atoms with Crippen molar-refractivity contribution in [2.45, 2.75) is 32.9 Å². The molecule has 4 rings (SSSR count). The molecular formula is C26H23F2NO5. The van der Waals surface area contributed by atoms with Crippen LogP contribution >= 0.6 is 0 Å². The maximum absolute atomic E-state index is 13.2. The van der Waals surface area contributed by atoms with Crippen LogP contribution in [0.5, 0.6) is 5.75 Å². The molecule has 0 bridgehead atoms. The number of Topliss-reactive ketones (excluding diaryl/α,β-unsaturated/α-hetero) is 1. The minimum Gasteiger partial charge on any atom is -0.503 e. The molecule has 0 aliphatic carbocycles. The van der Waals surface area contributed by atoms with Crippen molar-refractivity contribution in [1.82, 2.24) is 0 Å². The highest BCUT2D eigenvalue weighted by atomic mass is 19.3. The molecule has 6 nitrogen and oxygen atoms in total. The van der Waals surface area contributed by atoms with E-state index in [1.165, 1.54) is 29.4 Å². The van der Waals surface area contributed by atoms with Gasteiger partial charge in [-0.2, -0.15) is 8.78 Å². The summed E-state index contributed by atoms with van der Waals surface area (Å²) in [6.45, 7) is 0.566. The monoisotopic (exact) mass is 467 g/mol. The number of carbonyl (C=O) groups excluding carboxylic acids is 2. The summed E-state index contributed by atoms with van der Waals surface area (Å²) in [5, 5.41) is 10.7. The van der Waals surface area contributed by atoms with E-state index in [1.54, 1.807) is 42.7 Å². The molecule has 0 saturated carbocycles. The zero-order valence-corrected chi connectivity index (χ0v) is 18.6. The number of anilines is 1. The Morgan fingerprint density at radius 2 is 1.79 bits per heavy atom. The van der Waals surface area contributed by atoms with E-state index in [0.717, 1.165) is 11.1 Å². The number of para-hydroxylation sites is 1. The summed E-state index contributed by atoms with van der Waals surface area (Å²) < 4.78 is 36.1. The molecule has 0 saturated heterocycles. The SMILES string of the molecule is CC(C)CC(=O)C1=C(O)C(=O)N(c2ccc(-c3ccoc3)cc2)C1c1ccccc1OC(F)F. The van der Waals surface area contributed by atoms with Crippen LogP contribution in [0, 0.1) is 5.92 Å². The number of nitrogens with zero attached hydrogens (tertiary/aromatic N) is 1. The fraction of sp³-hybridized carbons (Fsp3) is 0.231. The zero-order chi connectivity index (χ0) is 24.4. The van der Waals surface area contributed by atoms with Crippen molar-refractivity contribution in [2.75, 3.05) is 4.90 Å². The number of hydrogen-bond donors (Lipinski definition) is 1. The number of ether oxygens (including phenoxy) is 1. The second-order valence-electron chi connectivity index (χ2n) is 8.34. The van der Waals surface area contributed by atoms with Gasteiger partial charge < -0.3 is 14.3 Å². The Morgan fingerprint density at radius 3 is 2.41 bits per heavy atom. The van der Waals surface area contributed by atoms with Gasteiger partial charge in [0, 0.05) is 23.2 Å². The number of furan rings is 1. The molecule has 1 unspecified atom stereocenters. The predicted molar refractivity (Wildman–Crippen MR) is 122 cm³/mol. The molecule has 0 fully saturated rings. The van der Waals surface area contributed by atoms with Gasteiger partial charge in [-0.25, -0.2) is 0 Å². The second kappa shape index (κ2) is 9.51. The summed E-state index contributed by atoms with van der Waals surface area (Å²) >= 11 is 0. The van der Waals surface area contributed by atoms with Crippen molar-refractivity contribution >= 4 is 17.4 Å². The standard InChI is InChI=1S/C26H23F2NO5/c1-15(2)13-20(30)22-23(19-5-3-4-6-21(19)34-26(27)28)29(25(32)24(22)31)18-9-7-16(8-10-18)17-11-12-33-14-17/h3-12,14-15,23,26,31H,13H2,1-2H3. The highest BCUT2D eigenvalue weighted by Crippen LogP contribution is 2.45. The van der Waals surface area contributed by atoms with Crippen LogP contribution in [0.25, 0.3) is 11.1 Å². The lowest BCUT2D eigenvalue weighted by Crippen LogP contribution is -2.31. The number of carbonyl (C=O) groups is 2. The van der Waals surface area contributed by atoms with Crippen molar-refractivity contribution in [1.29, 1.82) is 0 Å². The van der Waals surface area contributed by atoms with Gasteiger partial charge in [0.25, 0.3) is 5.91 Å². The molecule has 0 spiro atoms. The van der Waals surface area contributed by atoms with E-state index in [0.29, 0.717) is 5.69 Å². The molecule has 1 aromatic heterocycles. The molecule has 3 aromatic rings. The number of amides is 1. The van der Waals surface area contributed by atoms with Crippen LogP contribution in [-0.2, 0) is 9.59 Å². The zero-order valence-electron chi connectivity index (χ0n) is 18.6. The quantitative estimate of drug-likeness (QED) is 0.435. The van der Waals surface area contributed by atoms with E-state index in [4.69, 9.17) is 9.15 Å². The molecule has 1 atom stereocenters. The molecule has 2 aromatic carbocycles. The van der Waals surface area contributed by atoms with Crippen LogP contribution in [0.1, 0.15) is 31.9 Å². The number of aliphatic hydroxyl groups is 1. The Kier molecular flexibility index (Phi) is 6.49. The van der Waals surface area contributed by atoms with Gasteiger partial charge in [0.05, 0.1) is 24.1 Å². The summed E-state index contributed by atoms with van der Waals surface area (Å²) in [5.74, 6) is -2.14. The maximum atomic E-state index is 13.2. The van der Waals surface area contributed by atoms with E-state index in [1.807, 2.05) is 13.8 Å². The molecule has 8 heteroatoms. The lowest BCUT2D eigenvalue weighted by Gasteiger charge is -2.28. The van der Waals surface area contributed by atoms with Crippen LogP contribution < -0.4 is 9.64 Å². The molecule has 1 amide bonds. The van der Waals surface area contributed by atoms with Gasteiger partial charge in [-0.1, -0.05) is 44.2 Å². The van der Waals surface area contributed by atoms with E-state index >= 15 is 0 Å². The van der Waals surface area contributed by atoms with Gasteiger partial charge in [-0.3, -0.25) is 14.5 Å². The van der Waals surface area contributed by atoms with Crippen LogP contribution in [0.4, 0.5) is 14.5 Å². The number of aliphatic hydroxyl groups excluding tert-OH is 1. The Hall–Kier alpha value is -3.94. The molecule has 1 aliphatic rings. The number of ketones is 1. The molecule has 34 heavy (non-hydrogen) atoms. The van der Waals surface area contributed by atoms with Crippen molar-refractivity contribution in [3.8, 4) is 16.9 Å². The largest absolute Gasteiger partial charge is 0.503 e. The van der Waals surface area contributed by atoms with Crippen molar-refractivity contribution in [3.05, 3.63) is 84.0 Å². The summed E-state index contributed by atoms with van der Waals surface area (Å²) in [7, 11) is 0. The fourth-order valence-electron chi connectivity index (χ4n) is 4.08. The lowest BCUT2D eigenvalue weighted by atomic mass is 9.91. The average Bonchev–Trinajstić information content (AvgIpc) is 3.41. The molecule has 0 radical (unpaired) electrons. The van der Waals surface area contributed by atoms with Crippen molar-refractivity contribution in [3.63, 3.8) is 0 Å².